The van der Waals surface area contributed by atoms with Gasteiger partial charge >= 0.3 is 5.97 Å². The van der Waals surface area contributed by atoms with Crippen molar-refractivity contribution in [2.45, 2.75) is 26.8 Å². The number of aromatic nitrogens is 1. The molecule has 0 spiro atoms. The van der Waals surface area contributed by atoms with Crippen molar-refractivity contribution in [2.75, 3.05) is 7.11 Å². The quantitative estimate of drug-likeness (QED) is 0.687. The van der Waals surface area contributed by atoms with E-state index in [0.717, 1.165) is 6.42 Å². The van der Waals surface area contributed by atoms with E-state index >= 15 is 0 Å². The van der Waals surface area contributed by atoms with E-state index in [1.165, 1.54) is 12.7 Å². The molecule has 0 fully saturated rings. The fourth-order valence-electron chi connectivity index (χ4n) is 1.39. The summed E-state index contributed by atoms with van der Waals surface area (Å²) in [7, 11) is 1.40. The first-order valence-corrected chi connectivity index (χ1v) is 4.83. The van der Waals surface area contributed by atoms with Crippen molar-refractivity contribution >= 4 is 5.97 Å². The maximum atomic E-state index is 11.0. The van der Waals surface area contributed by atoms with E-state index in [1.807, 2.05) is 23.0 Å². The molecule has 0 saturated heterocycles. The van der Waals surface area contributed by atoms with E-state index < -0.39 is 0 Å². The Labute approximate surface area is 84.7 Å². The first-order valence-electron chi connectivity index (χ1n) is 4.83. The highest BCUT2D eigenvalue weighted by Crippen LogP contribution is 2.08. The van der Waals surface area contributed by atoms with Gasteiger partial charge in [0.15, 0.2) is 0 Å². The van der Waals surface area contributed by atoms with Crippen LogP contribution in [0.1, 0.15) is 19.4 Å². The number of methoxy groups -OCH3 is 1. The summed E-state index contributed by atoms with van der Waals surface area (Å²) in [6.45, 7) is 4.66. The van der Waals surface area contributed by atoms with Gasteiger partial charge in [-0.3, -0.25) is 4.79 Å². The van der Waals surface area contributed by atoms with E-state index in [4.69, 9.17) is 0 Å². The summed E-state index contributed by atoms with van der Waals surface area (Å²) in [4.78, 5) is 11.0. The van der Waals surface area contributed by atoms with Crippen LogP contribution in [0, 0.1) is 5.92 Å². The summed E-state index contributed by atoms with van der Waals surface area (Å²) in [6.07, 6.45) is 4.96. The van der Waals surface area contributed by atoms with Gasteiger partial charge in [-0.1, -0.05) is 13.8 Å². The largest absolute Gasteiger partial charge is 0.468 e. The van der Waals surface area contributed by atoms with Crippen LogP contribution in [-0.4, -0.2) is 17.6 Å². The molecule has 0 aliphatic carbocycles. The molecule has 1 rings (SSSR count). The molecule has 0 aromatic carbocycles. The maximum Gasteiger partial charge on any atom is 0.325 e. The first kappa shape index (κ1) is 10.8. The van der Waals surface area contributed by atoms with Crippen molar-refractivity contribution in [3.63, 3.8) is 0 Å². The van der Waals surface area contributed by atoms with Gasteiger partial charge in [0.1, 0.15) is 6.54 Å². The number of hydrogen-bond acceptors (Lipinski definition) is 2. The molecular formula is C11H17NO2. The van der Waals surface area contributed by atoms with Gasteiger partial charge in [-0.15, -0.1) is 0 Å². The van der Waals surface area contributed by atoms with Crippen LogP contribution in [0.3, 0.4) is 0 Å². The molecule has 0 aliphatic rings. The fraction of sp³-hybridized carbons (Fsp3) is 0.545. The standard InChI is InChI=1S/C11H17NO2/c1-9(2)6-10-4-5-12(7-10)8-11(13)14-3/h4-5,7,9H,6,8H2,1-3H3. The molecule has 0 unspecified atom stereocenters. The van der Waals surface area contributed by atoms with E-state index in [9.17, 15) is 4.79 Å². The highest BCUT2D eigenvalue weighted by atomic mass is 16.5. The van der Waals surface area contributed by atoms with Gasteiger partial charge in [-0.25, -0.2) is 0 Å². The molecule has 3 nitrogen and oxygen atoms in total. The zero-order valence-electron chi connectivity index (χ0n) is 8.99. The smallest absolute Gasteiger partial charge is 0.325 e. The summed E-state index contributed by atoms with van der Waals surface area (Å²) in [5, 5.41) is 0. The van der Waals surface area contributed by atoms with Gasteiger partial charge in [0.05, 0.1) is 7.11 Å². The number of nitrogens with zero attached hydrogens (tertiary/aromatic N) is 1. The summed E-state index contributed by atoms with van der Waals surface area (Å²) >= 11 is 0. The van der Waals surface area contributed by atoms with E-state index in [-0.39, 0.29) is 5.97 Å². The average Bonchev–Trinajstić information content (AvgIpc) is 2.51. The van der Waals surface area contributed by atoms with E-state index in [1.54, 1.807) is 0 Å². The highest BCUT2D eigenvalue weighted by molar-refractivity contribution is 5.68. The molecule has 0 saturated carbocycles. The Morgan fingerprint density at radius 1 is 1.57 bits per heavy atom. The van der Waals surface area contributed by atoms with Gasteiger partial charge in [0.25, 0.3) is 0 Å². The Kier molecular flexibility index (Phi) is 3.74. The Morgan fingerprint density at radius 3 is 2.86 bits per heavy atom. The zero-order chi connectivity index (χ0) is 10.6. The normalized spacial score (nSPS) is 10.6. The average molecular weight is 195 g/mol. The van der Waals surface area contributed by atoms with Crippen molar-refractivity contribution in [1.29, 1.82) is 0 Å². The summed E-state index contributed by atoms with van der Waals surface area (Å²) in [5.41, 5.74) is 1.27. The molecule has 0 N–H and O–H groups in total. The second-order valence-corrected chi connectivity index (χ2v) is 3.87. The summed E-state index contributed by atoms with van der Waals surface area (Å²) in [6, 6.07) is 2.04. The van der Waals surface area contributed by atoms with Crippen LogP contribution in [0.5, 0.6) is 0 Å². The molecule has 1 heterocycles. The second kappa shape index (κ2) is 4.84. The Bertz CT molecular complexity index is 302. The number of esters is 1. The molecule has 1 aromatic heterocycles. The van der Waals surface area contributed by atoms with Crippen molar-refractivity contribution < 1.29 is 9.53 Å². The molecule has 0 atom stereocenters. The van der Waals surface area contributed by atoms with Gasteiger partial charge in [-0.2, -0.15) is 0 Å². The van der Waals surface area contributed by atoms with Crippen molar-refractivity contribution in [3.8, 4) is 0 Å². The lowest BCUT2D eigenvalue weighted by Gasteiger charge is -2.02. The van der Waals surface area contributed by atoms with Crippen LogP contribution in [-0.2, 0) is 22.5 Å². The van der Waals surface area contributed by atoms with Gasteiger partial charge in [-0.05, 0) is 24.0 Å². The number of carbonyl (C=O) groups excluding carboxylic acids is 1. The zero-order valence-corrected chi connectivity index (χ0v) is 8.99. The first-order chi connectivity index (χ1) is 6.61. The van der Waals surface area contributed by atoms with Crippen LogP contribution in [0.4, 0.5) is 0 Å². The van der Waals surface area contributed by atoms with Gasteiger partial charge < -0.3 is 9.30 Å². The minimum Gasteiger partial charge on any atom is -0.468 e. The molecule has 0 radical (unpaired) electrons. The van der Waals surface area contributed by atoms with Crippen LogP contribution in [0.2, 0.25) is 0 Å². The molecule has 0 bridgehead atoms. The third-order valence-electron chi connectivity index (χ3n) is 2.00. The molecule has 1 aromatic rings. The van der Waals surface area contributed by atoms with Crippen molar-refractivity contribution in [2.24, 2.45) is 5.92 Å². The number of carbonyl (C=O) groups is 1. The predicted octanol–water partition coefficient (Wildman–Crippen LogP) is 1.86. The second-order valence-electron chi connectivity index (χ2n) is 3.87. The van der Waals surface area contributed by atoms with Crippen LogP contribution < -0.4 is 0 Å². The Morgan fingerprint density at radius 2 is 2.29 bits per heavy atom. The maximum absolute atomic E-state index is 11.0. The number of hydrogen-bond donors (Lipinski definition) is 0. The third-order valence-corrected chi connectivity index (χ3v) is 2.00. The lowest BCUT2D eigenvalue weighted by molar-refractivity contribution is -0.141. The third kappa shape index (κ3) is 3.24. The molecule has 0 aliphatic heterocycles. The van der Waals surface area contributed by atoms with Crippen LogP contribution in [0.15, 0.2) is 18.5 Å². The molecule has 78 valence electrons. The molecule has 14 heavy (non-hydrogen) atoms. The summed E-state index contributed by atoms with van der Waals surface area (Å²) in [5.74, 6) is 0.431. The minimum absolute atomic E-state index is 0.211. The van der Waals surface area contributed by atoms with E-state index in [0.29, 0.717) is 12.5 Å². The molecule has 3 heteroatoms. The van der Waals surface area contributed by atoms with Crippen molar-refractivity contribution in [1.82, 2.24) is 4.57 Å². The van der Waals surface area contributed by atoms with Crippen molar-refractivity contribution in [3.05, 3.63) is 24.0 Å². The Balaban J connectivity index is 2.55. The van der Waals surface area contributed by atoms with Crippen LogP contribution >= 0.6 is 0 Å². The molecular weight excluding hydrogens is 178 g/mol. The van der Waals surface area contributed by atoms with Crippen LogP contribution in [0.25, 0.3) is 0 Å². The minimum atomic E-state index is -0.211. The topological polar surface area (TPSA) is 31.2 Å². The number of rotatable bonds is 4. The van der Waals surface area contributed by atoms with Gasteiger partial charge in [0, 0.05) is 12.4 Å². The SMILES string of the molecule is COC(=O)Cn1ccc(CC(C)C)c1. The molecule has 0 amide bonds. The van der Waals surface area contributed by atoms with E-state index in [2.05, 4.69) is 18.6 Å². The fourth-order valence-corrected chi connectivity index (χ4v) is 1.39. The summed E-state index contributed by atoms with van der Waals surface area (Å²) < 4.78 is 6.44. The lowest BCUT2D eigenvalue weighted by atomic mass is 10.1. The lowest BCUT2D eigenvalue weighted by Crippen LogP contribution is -2.09. The van der Waals surface area contributed by atoms with Gasteiger partial charge in [0.2, 0.25) is 0 Å². The number of ether oxygens (including phenoxy) is 1. The Hall–Kier alpha value is -1.25. The predicted molar refractivity (Wildman–Crippen MR) is 55.0 cm³/mol. The monoisotopic (exact) mass is 195 g/mol. The highest BCUT2D eigenvalue weighted by Gasteiger charge is 2.03.